The number of halogens is 2. The van der Waals surface area contributed by atoms with Crippen molar-refractivity contribution in [1.82, 2.24) is 14.1 Å². The van der Waals surface area contributed by atoms with Gasteiger partial charge in [0.25, 0.3) is 0 Å². The second kappa shape index (κ2) is 12.5. The maximum atomic E-state index is 13.6. The molecule has 2 fully saturated rings. The van der Waals surface area contributed by atoms with Crippen molar-refractivity contribution in [3.05, 3.63) is 90.5 Å². The molecular weight excluding hydrogens is 517 g/mol. The molecule has 0 saturated carbocycles. The minimum absolute atomic E-state index is 0. The molecule has 2 atom stereocenters. The van der Waals surface area contributed by atoms with Crippen LogP contribution in [0.1, 0.15) is 5.56 Å². The van der Waals surface area contributed by atoms with Gasteiger partial charge >= 0.3 is 0 Å². The largest absolute Gasteiger partial charge is 0.390 e. The quantitative estimate of drug-likeness (QED) is 0.507. The molecule has 2 aliphatic rings. The Hall–Kier alpha value is -1.97. The highest BCUT2D eigenvalue weighted by molar-refractivity contribution is 7.89. The number of aliphatic hydroxyl groups is 1. The molecule has 5 rings (SSSR count). The Kier molecular flexibility index (Phi) is 9.94. The number of hydrogen-bond donors (Lipinski definition) is 1. The van der Waals surface area contributed by atoms with Crippen molar-refractivity contribution in [2.45, 2.75) is 23.6 Å². The van der Waals surface area contributed by atoms with Gasteiger partial charge in [0, 0.05) is 57.4 Å². The van der Waals surface area contributed by atoms with E-state index >= 15 is 0 Å². The smallest absolute Gasteiger partial charge is 0.243 e. The Morgan fingerprint density at radius 1 is 0.750 bits per heavy atom. The molecule has 2 saturated heterocycles. The molecule has 0 aliphatic carbocycles. The number of likely N-dealkylation sites (tertiary alicyclic amines) is 1. The van der Waals surface area contributed by atoms with Gasteiger partial charge in [0.2, 0.25) is 10.0 Å². The average Bonchev–Trinajstić information content (AvgIpc) is 3.25. The van der Waals surface area contributed by atoms with Crippen molar-refractivity contribution in [1.29, 1.82) is 0 Å². The Labute approximate surface area is 226 Å². The molecular formula is C27H33Cl2N3O3S. The topological polar surface area (TPSA) is 64.1 Å². The van der Waals surface area contributed by atoms with Gasteiger partial charge in [-0.05, 0) is 17.2 Å². The highest BCUT2D eigenvalue weighted by atomic mass is 35.5. The predicted molar refractivity (Wildman–Crippen MR) is 148 cm³/mol. The molecule has 2 aliphatic heterocycles. The van der Waals surface area contributed by atoms with E-state index in [4.69, 9.17) is 0 Å². The monoisotopic (exact) mass is 549 g/mol. The van der Waals surface area contributed by atoms with Crippen LogP contribution >= 0.6 is 24.8 Å². The molecule has 0 spiro atoms. The van der Waals surface area contributed by atoms with E-state index in [0.29, 0.717) is 37.6 Å². The second-order valence-corrected chi connectivity index (χ2v) is 11.0. The zero-order valence-electron chi connectivity index (χ0n) is 20.0. The lowest BCUT2D eigenvalue weighted by molar-refractivity contribution is 0.0618. The third kappa shape index (κ3) is 6.11. The summed E-state index contributed by atoms with van der Waals surface area (Å²) in [5, 5.41) is 10.7. The van der Waals surface area contributed by atoms with Crippen LogP contribution in [0.25, 0.3) is 11.1 Å². The zero-order chi connectivity index (χ0) is 23.5. The molecule has 3 aromatic rings. The number of hydrogen-bond acceptors (Lipinski definition) is 5. The Balaban J connectivity index is 0.00000180. The van der Waals surface area contributed by atoms with Crippen molar-refractivity contribution < 1.29 is 13.5 Å². The Morgan fingerprint density at radius 3 is 2.00 bits per heavy atom. The molecule has 0 unspecified atom stereocenters. The van der Waals surface area contributed by atoms with Crippen molar-refractivity contribution in [2.24, 2.45) is 0 Å². The highest BCUT2D eigenvalue weighted by Crippen LogP contribution is 2.30. The van der Waals surface area contributed by atoms with Gasteiger partial charge in [-0.25, -0.2) is 8.42 Å². The zero-order valence-corrected chi connectivity index (χ0v) is 22.5. The number of β-amino-alcohol motifs (C(OH)–C–C–N with tert-alkyl or cyclic N) is 1. The van der Waals surface area contributed by atoms with Gasteiger partial charge in [-0.2, -0.15) is 4.31 Å². The summed E-state index contributed by atoms with van der Waals surface area (Å²) < 4.78 is 28.7. The standard InChI is InChI=1S/C27H31N3O3S.2ClH/c31-26-21-28(19-22-9-3-1-4-10-22)20-25(26)29-15-17-30(18-16-29)34(32,33)27-14-8-7-13-24(27)23-11-5-2-6-12-23;;/h1-14,25-26,31H,15-21H2;2*1H/t25-,26-;;/m0../s1. The maximum absolute atomic E-state index is 13.6. The van der Waals surface area contributed by atoms with Crippen LogP contribution in [0.15, 0.2) is 89.8 Å². The first kappa shape index (κ1) is 28.6. The van der Waals surface area contributed by atoms with Crippen LogP contribution in [0, 0.1) is 0 Å². The van der Waals surface area contributed by atoms with Crippen LogP contribution in [-0.4, -0.2) is 79.0 Å². The van der Waals surface area contributed by atoms with E-state index in [0.717, 1.165) is 24.2 Å². The molecule has 36 heavy (non-hydrogen) atoms. The van der Waals surface area contributed by atoms with E-state index in [-0.39, 0.29) is 30.9 Å². The molecule has 0 bridgehead atoms. The predicted octanol–water partition coefficient (Wildman–Crippen LogP) is 3.75. The van der Waals surface area contributed by atoms with E-state index in [2.05, 4.69) is 21.9 Å². The van der Waals surface area contributed by atoms with Gasteiger partial charge in [0.1, 0.15) is 0 Å². The normalized spacial score (nSPS) is 21.5. The summed E-state index contributed by atoms with van der Waals surface area (Å²) in [6, 6.07) is 27.2. The van der Waals surface area contributed by atoms with Crippen molar-refractivity contribution in [2.75, 3.05) is 39.3 Å². The Bertz CT molecular complexity index is 1210. The lowest BCUT2D eigenvalue weighted by Crippen LogP contribution is -2.54. The molecule has 0 aromatic heterocycles. The fraction of sp³-hybridized carbons (Fsp3) is 0.333. The second-order valence-electron chi connectivity index (χ2n) is 9.12. The lowest BCUT2D eigenvalue weighted by Gasteiger charge is -2.38. The molecule has 3 aromatic carbocycles. The number of nitrogens with zero attached hydrogens (tertiary/aromatic N) is 3. The molecule has 9 heteroatoms. The summed E-state index contributed by atoms with van der Waals surface area (Å²) in [6.07, 6.45) is -0.425. The van der Waals surface area contributed by atoms with E-state index in [1.54, 1.807) is 16.4 Å². The van der Waals surface area contributed by atoms with E-state index in [9.17, 15) is 13.5 Å². The summed E-state index contributed by atoms with van der Waals surface area (Å²) in [7, 11) is -3.62. The molecule has 194 valence electrons. The Morgan fingerprint density at radius 2 is 1.33 bits per heavy atom. The van der Waals surface area contributed by atoms with Gasteiger partial charge in [-0.3, -0.25) is 9.80 Å². The third-order valence-corrected chi connectivity index (χ3v) is 8.87. The SMILES string of the molecule is Cl.Cl.O=S(=O)(c1ccccc1-c1ccccc1)N1CCN([C@H]2CN(Cc3ccccc3)C[C@@H]2O)CC1. The van der Waals surface area contributed by atoms with E-state index in [1.807, 2.05) is 60.7 Å². The maximum Gasteiger partial charge on any atom is 0.243 e. The fourth-order valence-electron chi connectivity index (χ4n) is 5.14. The van der Waals surface area contributed by atoms with Crippen molar-refractivity contribution in [3.63, 3.8) is 0 Å². The molecule has 1 N–H and O–H groups in total. The van der Waals surface area contributed by atoms with Crippen LogP contribution in [0.2, 0.25) is 0 Å². The number of benzene rings is 3. The fourth-order valence-corrected chi connectivity index (χ4v) is 6.78. The van der Waals surface area contributed by atoms with Gasteiger partial charge in [-0.1, -0.05) is 78.9 Å². The summed E-state index contributed by atoms with van der Waals surface area (Å²) in [5.41, 5.74) is 2.87. The number of piperazine rings is 1. The molecule has 0 amide bonds. The summed E-state index contributed by atoms with van der Waals surface area (Å²) in [4.78, 5) is 4.89. The molecule has 0 radical (unpaired) electrons. The number of rotatable bonds is 6. The minimum atomic E-state index is -3.62. The lowest BCUT2D eigenvalue weighted by atomic mass is 10.1. The van der Waals surface area contributed by atoms with Crippen molar-refractivity contribution >= 4 is 34.8 Å². The van der Waals surface area contributed by atoms with E-state index < -0.39 is 16.1 Å². The van der Waals surface area contributed by atoms with Crippen LogP contribution in [0.3, 0.4) is 0 Å². The first-order chi connectivity index (χ1) is 16.5. The van der Waals surface area contributed by atoms with Crippen molar-refractivity contribution in [3.8, 4) is 11.1 Å². The van der Waals surface area contributed by atoms with Crippen LogP contribution in [-0.2, 0) is 16.6 Å². The van der Waals surface area contributed by atoms with E-state index in [1.165, 1.54) is 5.56 Å². The minimum Gasteiger partial charge on any atom is -0.390 e. The first-order valence-corrected chi connectivity index (χ1v) is 13.3. The van der Waals surface area contributed by atoms with Gasteiger partial charge < -0.3 is 5.11 Å². The first-order valence-electron chi connectivity index (χ1n) is 11.9. The summed E-state index contributed by atoms with van der Waals surface area (Å²) in [5.74, 6) is 0. The average molecular weight is 551 g/mol. The molecule has 6 nitrogen and oxygen atoms in total. The van der Waals surface area contributed by atoms with Crippen LogP contribution < -0.4 is 0 Å². The number of sulfonamides is 1. The van der Waals surface area contributed by atoms with Crippen LogP contribution in [0.5, 0.6) is 0 Å². The number of aliphatic hydroxyl groups excluding tert-OH is 1. The van der Waals surface area contributed by atoms with Gasteiger partial charge in [0.15, 0.2) is 0 Å². The van der Waals surface area contributed by atoms with Crippen LogP contribution in [0.4, 0.5) is 0 Å². The molecule has 2 heterocycles. The van der Waals surface area contributed by atoms with Gasteiger partial charge in [-0.15, -0.1) is 24.8 Å². The highest BCUT2D eigenvalue weighted by Gasteiger charge is 2.38. The summed E-state index contributed by atoms with van der Waals surface area (Å²) >= 11 is 0. The third-order valence-electron chi connectivity index (χ3n) is 6.92. The van der Waals surface area contributed by atoms with Gasteiger partial charge in [0.05, 0.1) is 11.0 Å². The summed E-state index contributed by atoms with van der Waals surface area (Å²) in [6.45, 7) is 4.34.